The van der Waals surface area contributed by atoms with Gasteiger partial charge < -0.3 is 9.26 Å². The Hall–Kier alpha value is -1.93. The molecule has 0 saturated heterocycles. The smallest absolute Gasteiger partial charge is 0.430 e. The highest BCUT2D eigenvalue weighted by atomic mass is 19.4. The van der Waals surface area contributed by atoms with Gasteiger partial charge in [0.2, 0.25) is 0 Å². The molecule has 0 aliphatic heterocycles. The molecule has 1 aromatic carbocycles. The number of rotatable bonds is 3. The number of aromatic nitrogens is 1. The molecule has 2 aromatic rings. The van der Waals surface area contributed by atoms with E-state index in [9.17, 15) is 26.3 Å². The predicted molar refractivity (Wildman–Crippen MR) is 50.5 cm³/mol. The van der Waals surface area contributed by atoms with Crippen molar-refractivity contribution in [3.8, 4) is 5.75 Å². The lowest BCUT2D eigenvalue weighted by Crippen LogP contribution is -2.45. The van der Waals surface area contributed by atoms with Crippen LogP contribution >= 0.6 is 0 Å². The summed E-state index contributed by atoms with van der Waals surface area (Å²) in [4.78, 5) is 0. The highest BCUT2D eigenvalue weighted by molar-refractivity contribution is 5.77. The highest BCUT2D eigenvalue weighted by Crippen LogP contribution is 2.37. The van der Waals surface area contributed by atoms with Gasteiger partial charge in [0.1, 0.15) is 5.75 Å². The molecule has 1 atom stereocenters. The first-order valence-electron chi connectivity index (χ1n) is 4.82. The van der Waals surface area contributed by atoms with Crippen LogP contribution < -0.4 is 4.74 Å². The molecule has 3 nitrogen and oxygen atoms in total. The molecule has 1 heterocycles. The van der Waals surface area contributed by atoms with E-state index in [4.69, 9.17) is 0 Å². The van der Waals surface area contributed by atoms with Crippen molar-refractivity contribution in [1.82, 2.24) is 5.16 Å². The SMILES string of the molecule is FC(C(F)(F)F)C(F)(F)Oc1ccc2cnoc2c1. The van der Waals surface area contributed by atoms with Crippen LogP contribution in [0.4, 0.5) is 26.3 Å². The van der Waals surface area contributed by atoms with Crippen LogP contribution in [0.5, 0.6) is 5.75 Å². The largest absolute Gasteiger partial charge is 0.439 e. The van der Waals surface area contributed by atoms with Crippen molar-refractivity contribution in [1.29, 1.82) is 0 Å². The first kappa shape index (κ1) is 13.5. The molecular weight excluding hydrogens is 280 g/mol. The third-order valence-electron chi connectivity index (χ3n) is 2.16. The van der Waals surface area contributed by atoms with Crippen LogP contribution in [0.15, 0.2) is 28.9 Å². The molecule has 19 heavy (non-hydrogen) atoms. The number of fused-ring (bicyclic) bond motifs is 1. The molecular formula is C10H5F6NO2. The molecule has 0 N–H and O–H groups in total. The second-order valence-corrected chi connectivity index (χ2v) is 3.59. The van der Waals surface area contributed by atoms with Crippen LogP contribution in [-0.4, -0.2) is 23.6 Å². The van der Waals surface area contributed by atoms with Crippen molar-refractivity contribution in [2.24, 2.45) is 0 Å². The molecule has 0 aliphatic rings. The van der Waals surface area contributed by atoms with Crippen molar-refractivity contribution in [2.75, 3.05) is 0 Å². The third kappa shape index (κ3) is 2.74. The van der Waals surface area contributed by atoms with Crippen LogP contribution in [0.25, 0.3) is 11.0 Å². The van der Waals surface area contributed by atoms with Gasteiger partial charge in [-0.15, -0.1) is 0 Å². The summed E-state index contributed by atoms with van der Waals surface area (Å²) in [7, 11) is 0. The zero-order chi connectivity index (χ0) is 14.3. The van der Waals surface area contributed by atoms with E-state index in [0.29, 0.717) is 5.39 Å². The van der Waals surface area contributed by atoms with Crippen LogP contribution in [0.3, 0.4) is 0 Å². The molecule has 0 fully saturated rings. The summed E-state index contributed by atoms with van der Waals surface area (Å²) < 4.78 is 82.5. The topological polar surface area (TPSA) is 35.3 Å². The van der Waals surface area contributed by atoms with Gasteiger partial charge in [0.05, 0.1) is 6.20 Å². The Morgan fingerprint density at radius 1 is 1.16 bits per heavy atom. The molecule has 0 spiro atoms. The first-order valence-corrected chi connectivity index (χ1v) is 4.82. The molecule has 104 valence electrons. The zero-order valence-electron chi connectivity index (χ0n) is 8.92. The van der Waals surface area contributed by atoms with E-state index >= 15 is 0 Å². The monoisotopic (exact) mass is 285 g/mol. The number of hydrogen-bond donors (Lipinski definition) is 0. The van der Waals surface area contributed by atoms with E-state index < -0.39 is 24.2 Å². The van der Waals surface area contributed by atoms with Crippen molar-refractivity contribution in [3.05, 3.63) is 24.4 Å². The maximum atomic E-state index is 13.0. The van der Waals surface area contributed by atoms with Gasteiger partial charge in [0.25, 0.3) is 6.17 Å². The number of hydrogen-bond acceptors (Lipinski definition) is 3. The molecule has 2 rings (SSSR count). The maximum Gasteiger partial charge on any atom is 0.439 e. The summed E-state index contributed by atoms with van der Waals surface area (Å²) in [5.74, 6) is -0.666. The van der Waals surface area contributed by atoms with E-state index in [1.54, 1.807) is 0 Å². The fourth-order valence-electron chi connectivity index (χ4n) is 1.30. The third-order valence-corrected chi connectivity index (χ3v) is 2.16. The Balaban J connectivity index is 2.23. The van der Waals surface area contributed by atoms with Crippen LogP contribution in [0, 0.1) is 0 Å². The van der Waals surface area contributed by atoms with Gasteiger partial charge in [0, 0.05) is 11.5 Å². The summed E-state index contributed by atoms with van der Waals surface area (Å²) in [5.41, 5.74) is 0.0238. The molecule has 0 aliphatic carbocycles. The zero-order valence-corrected chi connectivity index (χ0v) is 8.92. The maximum absolute atomic E-state index is 13.0. The molecule has 9 heteroatoms. The fraction of sp³-hybridized carbons (Fsp3) is 0.300. The second-order valence-electron chi connectivity index (χ2n) is 3.59. The number of benzene rings is 1. The Labute approximate surface area is 101 Å². The van der Waals surface area contributed by atoms with Crippen LogP contribution in [0.1, 0.15) is 0 Å². The molecule has 1 unspecified atom stereocenters. The number of alkyl halides is 6. The average Bonchev–Trinajstić information content (AvgIpc) is 2.73. The van der Waals surface area contributed by atoms with E-state index in [1.807, 2.05) is 0 Å². The average molecular weight is 285 g/mol. The Kier molecular flexibility index (Phi) is 3.07. The van der Waals surface area contributed by atoms with Crippen molar-refractivity contribution < 1.29 is 35.6 Å². The summed E-state index contributed by atoms with van der Waals surface area (Å²) in [6.45, 7) is 0. The van der Waals surface area contributed by atoms with Crippen molar-refractivity contribution >= 4 is 11.0 Å². The van der Waals surface area contributed by atoms with E-state index in [2.05, 4.69) is 14.4 Å². The summed E-state index contributed by atoms with van der Waals surface area (Å²) >= 11 is 0. The highest BCUT2D eigenvalue weighted by Gasteiger charge is 2.59. The Bertz CT molecular complexity index is 579. The lowest BCUT2D eigenvalue weighted by atomic mass is 10.2. The van der Waals surface area contributed by atoms with Gasteiger partial charge in [-0.1, -0.05) is 5.16 Å². The fourth-order valence-corrected chi connectivity index (χ4v) is 1.30. The van der Waals surface area contributed by atoms with Gasteiger partial charge >= 0.3 is 12.3 Å². The van der Waals surface area contributed by atoms with Crippen LogP contribution in [-0.2, 0) is 0 Å². The quantitative estimate of drug-likeness (QED) is 0.806. The number of halogens is 6. The summed E-state index contributed by atoms with van der Waals surface area (Å²) in [5, 5.41) is 3.77. The van der Waals surface area contributed by atoms with Crippen LogP contribution in [0.2, 0.25) is 0 Å². The molecule has 0 amide bonds. The van der Waals surface area contributed by atoms with Gasteiger partial charge in [0.15, 0.2) is 5.58 Å². The minimum atomic E-state index is -5.72. The minimum absolute atomic E-state index is 0.0238. The summed E-state index contributed by atoms with van der Waals surface area (Å²) in [6, 6.07) is 3.08. The number of ether oxygens (including phenoxy) is 1. The Morgan fingerprint density at radius 3 is 2.47 bits per heavy atom. The Morgan fingerprint density at radius 2 is 1.84 bits per heavy atom. The minimum Gasteiger partial charge on any atom is -0.430 e. The van der Waals surface area contributed by atoms with E-state index in [1.165, 1.54) is 12.3 Å². The van der Waals surface area contributed by atoms with Gasteiger partial charge in [-0.3, -0.25) is 0 Å². The predicted octanol–water partition coefficient (Wildman–Crippen LogP) is 3.70. The lowest BCUT2D eigenvalue weighted by Gasteiger charge is -2.22. The molecule has 0 bridgehead atoms. The van der Waals surface area contributed by atoms with E-state index in [0.717, 1.165) is 12.1 Å². The van der Waals surface area contributed by atoms with Crippen molar-refractivity contribution in [2.45, 2.75) is 18.5 Å². The van der Waals surface area contributed by atoms with Gasteiger partial charge in [-0.2, -0.15) is 22.0 Å². The summed E-state index contributed by atoms with van der Waals surface area (Å²) in [6.07, 6.45) is -13.9. The molecule has 0 radical (unpaired) electrons. The van der Waals surface area contributed by atoms with Gasteiger partial charge in [-0.05, 0) is 12.1 Å². The standard InChI is InChI=1S/C10H5F6NO2/c11-8(9(12,13)14)10(15,16)18-6-2-1-5-4-17-19-7(5)3-6/h1-4,8H. The second kappa shape index (κ2) is 4.32. The normalized spacial score (nSPS) is 14.6. The molecule has 0 saturated carbocycles. The first-order chi connectivity index (χ1) is 8.70. The molecule has 1 aromatic heterocycles. The lowest BCUT2D eigenvalue weighted by molar-refractivity contribution is -0.304. The van der Waals surface area contributed by atoms with Crippen molar-refractivity contribution in [3.63, 3.8) is 0 Å². The number of nitrogens with zero attached hydrogens (tertiary/aromatic N) is 1. The van der Waals surface area contributed by atoms with Gasteiger partial charge in [-0.25, -0.2) is 4.39 Å². The van der Waals surface area contributed by atoms with E-state index in [-0.39, 0.29) is 5.58 Å².